The van der Waals surface area contributed by atoms with E-state index in [9.17, 15) is 19.0 Å². The molecule has 0 aromatic carbocycles. The van der Waals surface area contributed by atoms with Crippen LogP contribution in [-0.2, 0) is 14.2 Å². The first-order chi connectivity index (χ1) is 6.66. The van der Waals surface area contributed by atoms with E-state index in [4.69, 9.17) is 15.9 Å². The molecule has 5 N–H and O–H groups in total. The minimum atomic E-state index is -3.93. The Morgan fingerprint density at radius 3 is 2.20 bits per heavy atom. The molecule has 0 saturated heterocycles. The molecule has 1 unspecified atom stereocenters. The van der Waals surface area contributed by atoms with Gasteiger partial charge in [0.2, 0.25) is 7.37 Å². The number of carbonyl (C=O) groups is 2. The van der Waals surface area contributed by atoms with Crippen molar-refractivity contribution in [2.24, 2.45) is 11.7 Å². The second-order valence-electron chi connectivity index (χ2n) is 3.34. The second kappa shape index (κ2) is 5.25. The molecule has 8 heteroatoms. The summed E-state index contributed by atoms with van der Waals surface area (Å²) in [5, 5.41) is 16.9. The van der Waals surface area contributed by atoms with Gasteiger partial charge in [0, 0.05) is 6.16 Å². The van der Waals surface area contributed by atoms with Crippen LogP contribution in [0.15, 0.2) is 0 Å². The Kier molecular flexibility index (Phi) is 4.93. The number of carboxylic acids is 2. The van der Waals surface area contributed by atoms with Crippen molar-refractivity contribution in [2.45, 2.75) is 19.1 Å². The second-order valence-corrected chi connectivity index (χ2v) is 5.88. The Morgan fingerprint density at radius 2 is 1.87 bits per heavy atom. The molecule has 0 amide bonds. The van der Waals surface area contributed by atoms with Crippen LogP contribution in [0, 0.1) is 5.92 Å². The molecule has 0 rings (SSSR count). The molecule has 0 saturated carbocycles. The summed E-state index contributed by atoms with van der Waals surface area (Å²) in [6.45, 7) is 1.26. The lowest BCUT2D eigenvalue weighted by Gasteiger charge is -2.19. The number of hydrogen-bond donors (Lipinski definition) is 4. The van der Waals surface area contributed by atoms with Crippen LogP contribution >= 0.6 is 7.37 Å². The molecule has 3 atom stereocenters. The van der Waals surface area contributed by atoms with E-state index in [1.807, 2.05) is 0 Å². The van der Waals surface area contributed by atoms with Gasteiger partial charge in [0.15, 0.2) is 0 Å². The van der Waals surface area contributed by atoms with Gasteiger partial charge in [0.05, 0.1) is 18.1 Å². The van der Waals surface area contributed by atoms with Crippen LogP contribution in [0.5, 0.6) is 0 Å². The van der Waals surface area contributed by atoms with Gasteiger partial charge < -0.3 is 20.8 Å². The van der Waals surface area contributed by atoms with E-state index in [1.54, 1.807) is 0 Å². The van der Waals surface area contributed by atoms with E-state index in [2.05, 4.69) is 0 Å². The molecule has 0 spiro atoms. The summed E-state index contributed by atoms with van der Waals surface area (Å²) in [4.78, 5) is 30.0. The van der Waals surface area contributed by atoms with E-state index in [-0.39, 0.29) is 0 Å². The van der Waals surface area contributed by atoms with Gasteiger partial charge in [-0.25, -0.2) is 0 Å². The SMILES string of the molecule is C[C@@H](CP(=O)(O)[C@H](N)CC(=O)O)C(=O)O. The molecule has 0 aliphatic carbocycles. The van der Waals surface area contributed by atoms with E-state index in [0.29, 0.717) is 0 Å². The molecule has 7 nitrogen and oxygen atoms in total. The Bertz CT molecular complexity index is 304. The van der Waals surface area contributed by atoms with E-state index in [0.717, 1.165) is 0 Å². The lowest BCUT2D eigenvalue weighted by atomic mass is 10.2. The van der Waals surface area contributed by atoms with E-state index >= 15 is 0 Å². The van der Waals surface area contributed by atoms with Gasteiger partial charge in [-0.15, -0.1) is 0 Å². The highest BCUT2D eigenvalue weighted by Crippen LogP contribution is 2.46. The van der Waals surface area contributed by atoms with Gasteiger partial charge in [-0.05, 0) is 0 Å². The maximum absolute atomic E-state index is 11.5. The third-order valence-corrected chi connectivity index (χ3v) is 4.15. The maximum atomic E-state index is 11.5. The first-order valence-electron chi connectivity index (χ1n) is 4.18. The zero-order chi connectivity index (χ0) is 12.2. The van der Waals surface area contributed by atoms with Crippen molar-refractivity contribution in [3.8, 4) is 0 Å². The number of carboxylic acid groups (broad SMARTS) is 2. The maximum Gasteiger partial charge on any atom is 0.306 e. The molecule has 0 fully saturated rings. The van der Waals surface area contributed by atoms with Crippen molar-refractivity contribution in [1.29, 1.82) is 0 Å². The molecule has 0 aromatic heterocycles. The Labute approximate surface area is 86.4 Å². The summed E-state index contributed by atoms with van der Waals surface area (Å²) in [5.74, 6) is -4.95. The van der Waals surface area contributed by atoms with Crippen molar-refractivity contribution >= 4 is 19.3 Å². The summed E-state index contributed by atoms with van der Waals surface area (Å²) in [6, 6.07) is 0. The van der Waals surface area contributed by atoms with Gasteiger partial charge in [0.25, 0.3) is 0 Å². The van der Waals surface area contributed by atoms with E-state index < -0.39 is 43.6 Å². The molecular weight excluding hydrogens is 225 g/mol. The minimum Gasteiger partial charge on any atom is -0.481 e. The lowest BCUT2D eigenvalue weighted by Crippen LogP contribution is -2.27. The lowest BCUT2D eigenvalue weighted by molar-refractivity contribution is -0.140. The average molecular weight is 239 g/mol. The fourth-order valence-electron chi connectivity index (χ4n) is 0.927. The third-order valence-electron chi connectivity index (χ3n) is 1.86. The van der Waals surface area contributed by atoms with E-state index in [1.165, 1.54) is 6.92 Å². The van der Waals surface area contributed by atoms with Crippen molar-refractivity contribution in [3.05, 3.63) is 0 Å². The number of hydrogen-bond acceptors (Lipinski definition) is 4. The van der Waals surface area contributed by atoms with Crippen molar-refractivity contribution in [3.63, 3.8) is 0 Å². The predicted octanol–water partition coefficient (Wildman–Crippen LogP) is -0.263. The highest BCUT2D eigenvalue weighted by molar-refractivity contribution is 7.58. The van der Waals surface area contributed by atoms with Crippen LogP contribution in [0.1, 0.15) is 13.3 Å². The first-order valence-corrected chi connectivity index (χ1v) is 6.10. The fourth-order valence-corrected chi connectivity index (χ4v) is 2.58. The number of aliphatic carboxylic acids is 2. The first kappa shape index (κ1) is 14.1. The average Bonchev–Trinajstić information content (AvgIpc) is 2.01. The largest absolute Gasteiger partial charge is 0.481 e. The summed E-state index contributed by atoms with van der Waals surface area (Å²) in [7, 11) is -3.93. The summed E-state index contributed by atoms with van der Waals surface area (Å²) < 4.78 is 11.5. The fraction of sp³-hybridized carbons (Fsp3) is 0.714. The predicted molar refractivity (Wildman–Crippen MR) is 51.7 cm³/mol. The summed E-state index contributed by atoms with van der Waals surface area (Å²) in [6.07, 6.45) is -1.17. The molecule has 0 aromatic rings. The van der Waals surface area contributed by atoms with Crippen LogP contribution in [0.4, 0.5) is 0 Å². The molecular formula is C7H14NO6P. The van der Waals surface area contributed by atoms with Crippen LogP contribution in [0.3, 0.4) is 0 Å². The smallest absolute Gasteiger partial charge is 0.306 e. The molecule has 0 heterocycles. The van der Waals surface area contributed by atoms with Gasteiger partial charge in [0.1, 0.15) is 0 Å². The molecule has 15 heavy (non-hydrogen) atoms. The van der Waals surface area contributed by atoms with Gasteiger partial charge in [-0.2, -0.15) is 0 Å². The normalized spacial score (nSPS) is 18.9. The zero-order valence-corrected chi connectivity index (χ0v) is 9.05. The van der Waals surface area contributed by atoms with Crippen LogP contribution in [0.2, 0.25) is 0 Å². The Morgan fingerprint density at radius 1 is 1.40 bits per heavy atom. The summed E-state index contributed by atoms with van der Waals surface area (Å²) in [5.41, 5.74) is 5.21. The monoisotopic (exact) mass is 239 g/mol. The quantitative estimate of drug-likeness (QED) is 0.468. The van der Waals surface area contributed by atoms with Crippen molar-refractivity contribution in [2.75, 3.05) is 6.16 Å². The molecule has 88 valence electrons. The van der Waals surface area contributed by atoms with Gasteiger partial charge in [-0.3, -0.25) is 14.2 Å². The Hall–Kier alpha value is -0.910. The standard InChI is InChI=1S/C7H14NO6P/c1-4(7(11)12)3-15(13,14)5(8)2-6(9)10/h4-5H,2-3,8H2,1H3,(H,9,10)(H,11,12)(H,13,14)/t4-,5-/m0/s1. The van der Waals surface area contributed by atoms with Crippen LogP contribution in [-0.4, -0.2) is 39.0 Å². The number of rotatable bonds is 6. The van der Waals surface area contributed by atoms with Crippen molar-refractivity contribution in [1.82, 2.24) is 0 Å². The molecule has 0 radical (unpaired) electrons. The number of nitrogens with two attached hydrogens (primary N) is 1. The Balaban J connectivity index is 4.47. The highest BCUT2D eigenvalue weighted by Gasteiger charge is 2.33. The zero-order valence-electron chi connectivity index (χ0n) is 8.16. The third kappa shape index (κ3) is 4.92. The molecule has 0 aliphatic heterocycles. The minimum absolute atomic E-state index is 0.517. The van der Waals surface area contributed by atoms with Gasteiger partial charge >= 0.3 is 11.9 Å². The molecule has 0 aliphatic rings. The van der Waals surface area contributed by atoms with Crippen LogP contribution in [0.25, 0.3) is 0 Å². The topological polar surface area (TPSA) is 138 Å². The van der Waals surface area contributed by atoms with Crippen molar-refractivity contribution < 1.29 is 29.3 Å². The molecule has 0 bridgehead atoms. The van der Waals surface area contributed by atoms with Gasteiger partial charge in [-0.1, -0.05) is 6.92 Å². The summed E-state index contributed by atoms with van der Waals surface area (Å²) >= 11 is 0. The highest BCUT2D eigenvalue weighted by atomic mass is 31.2. The van der Waals surface area contributed by atoms with Crippen LogP contribution < -0.4 is 5.73 Å².